The van der Waals surface area contributed by atoms with Crippen molar-refractivity contribution in [2.45, 2.75) is 19.3 Å². The number of benzene rings is 3. The molecule has 0 aliphatic rings. The van der Waals surface area contributed by atoms with Gasteiger partial charge in [-0.05, 0) is 25.1 Å². The number of nitrogens with one attached hydrogen (secondary N) is 1. The summed E-state index contributed by atoms with van der Waals surface area (Å²) in [6.45, 7) is 1.54. The van der Waals surface area contributed by atoms with Gasteiger partial charge in [0.15, 0.2) is 11.5 Å². The highest BCUT2D eigenvalue weighted by Gasteiger charge is 2.31. The van der Waals surface area contributed by atoms with Crippen molar-refractivity contribution in [1.29, 1.82) is 0 Å². The SMILES string of the molecule is COc1ccc(C(CC(=O)Nc2cccc3c(O)cccc23)c2c(O)cc(C)oc2=O)c(OC)c1OC. The van der Waals surface area contributed by atoms with E-state index < -0.39 is 17.5 Å². The number of hydrogen-bond acceptors (Lipinski definition) is 8. The molecule has 0 fully saturated rings. The van der Waals surface area contributed by atoms with Crippen LogP contribution in [0.15, 0.2) is 63.8 Å². The number of amides is 1. The normalized spacial score (nSPS) is 11.7. The highest BCUT2D eigenvalue weighted by molar-refractivity contribution is 6.04. The van der Waals surface area contributed by atoms with Gasteiger partial charge in [0.2, 0.25) is 11.7 Å². The van der Waals surface area contributed by atoms with Crippen LogP contribution in [0.1, 0.15) is 29.2 Å². The number of ether oxygens (including phenoxy) is 3. The van der Waals surface area contributed by atoms with E-state index in [1.165, 1.54) is 27.4 Å². The Morgan fingerprint density at radius 1 is 0.919 bits per heavy atom. The summed E-state index contributed by atoms with van der Waals surface area (Å²) in [6.07, 6.45) is -0.248. The van der Waals surface area contributed by atoms with Gasteiger partial charge in [-0.3, -0.25) is 4.79 Å². The Hall–Kier alpha value is -4.66. The van der Waals surface area contributed by atoms with E-state index in [0.29, 0.717) is 27.8 Å². The number of carbonyl (C=O) groups excluding carboxylic acids is 1. The second-order valence-corrected chi connectivity index (χ2v) is 8.35. The van der Waals surface area contributed by atoms with Gasteiger partial charge in [-0.25, -0.2) is 4.79 Å². The Morgan fingerprint density at radius 3 is 2.30 bits per heavy atom. The number of hydrogen-bond donors (Lipinski definition) is 3. The maximum absolute atomic E-state index is 13.4. The quantitative estimate of drug-likeness (QED) is 0.315. The molecule has 1 aromatic heterocycles. The van der Waals surface area contributed by atoms with Gasteiger partial charge < -0.3 is 34.2 Å². The molecule has 1 amide bonds. The molecule has 0 spiro atoms. The van der Waals surface area contributed by atoms with Crippen molar-refractivity contribution in [1.82, 2.24) is 0 Å². The molecule has 0 aliphatic carbocycles. The third-order valence-electron chi connectivity index (χ3n) is 6.11. The van der Waals surface area contributed by atoms with Crippen LogP contribution in [0.3, 0.4) is 0 Å². The molecule has 0 saturated carbocycles. The summed E-state index contributed by atoms with van der Waals surface area (Å²) < 4.78 is 21.7. The van der Waals surface area contributed by atoms with Gasteiger partial charge in [0.05, 0.1) is 26.9 Å². The number of phenols is 1. The third-order valence-corrected chi connectivity index (χ3v) is 6.11. The first-order valence-corrected chi connectivity index (χ1v) is 11.4. The first kappa shape index (κ1) is 25.4. The highest BCUT2D eigenvalue weighted by Crippen LogP contribution is 2.46. The van der Waals surface area contributed by atoms with Gasteiger partial charge in [-0.1, -0.05) is 30.3 Å². The third kappa shape index (κ3) is 4.88. The van der Waals surface area contributed by atoms with Crippen LogP contribution < -0.4 is 25.2 Å². The molecule has 4 aromatic rings. The number of fused-ring (bicyclic) bond motifs is 1. The molecular formula is C28H27NO8. The number of anilines is 1. The molecule has 9 heteroatoms. The van der Waals surface area contributed by atoms with Gasteiger partial charge >= 0.3 is 5.63 Å². The van der Waals surface area contributed by atoms with E-state index in [4.69, 9.17) is 18.6 Å². The molecule has 9 nitrogen and oxygen atoms in total. The number of methoxy groups -OCH3 is 3. The predicted octanol–water partition coefficient (Wildman–Crippen LogP) is 4.70. The lowest BCUT2D eigenvalue weighted by Gasteiger charge is -2.22. The fraction of sp³-hybridized carbons (Fsp3) is 0.214. The van der Waals surface area contributed by atoms with E-state index in [1.807, 2.05) is 0 Å². The van der Waals surface area contributed by atoms with Crippen LogP contribution in [-0.2, 0) is 4.79 Å². The first-order valence-electron chi connectivity index (χ1n) is 11.4. The lowest BCUT2D eigenvalue weighted by atomic mass is 9.87. The lowest BCUT2D eigenvalue weighted by molar-refractivity contribution is -0.116. The molecular weight excluding hydrogens is 478 g/mol. The van der Waals surface area contributed by atoms with Gasteiger partial charge in [-0.2, -0.15) is 0 Å². The Kier molecular flexibility index (Phi) is 7.24. The van der Waals surface area contributed by atoms with Crippen LogP contribution >= 0.6 is 0 Å². The Balaban J connectivity index is 1.82. The maximum atomic E-state index is 13.4. The summed E-state index contributed by atoms with van der Waals surface area (Å²) in [5.41, 5.74) is 0.0259. The Labute approximate surface area is 212 Å². The second kappa shape index (κ2) is 10.5. The van der Waals surface area contributed by atoms with Crippen molar-refractivity contribution in [2.24, 2.45) is 0 Å². The van der Waals surface area contributed by atoms with Crippen molar-refractivity contribution in [3.63, 3.8) is 0 Å². The van der Waals surface area contributed by atoms with E-state index in [-0.39, 0.29) is 40.7 Å². The van der Waals surface area contributed by atoms with Crippen LogP contribution in [0.4, 0.5) is 5.69 Å². The first-order chi connectivity index (χ1) is 17.8. The summed E-state index contributed by atoms with van der Waals surface area (Å²) in [4.78, 5) is 26.3. The molecule has 1 atom stereocenters. The summed E-state index contributed by atoms with van der Waals surface area (Å²) >= 11 is 0. The fourth-order valence-corrected chi connectivity index (χ4v) is 4.48. The second-order valence-electron chi connectivity index (χ2n) is 8.35. The van der Waals surface area contributed by atoms with E-state index in [0.717, 1.165) is 0 Å². The van der Waals surface area contributed by atoms with Crippen molar-refractivity contribution < 1.29 is 33.6 Å². The average molecular weight is 506 g/mol. The van der Waals surface area contributed by atoms with Crippen LogP contribution in [0, 0.1) is 6.92 Å². The molecule has 0 saturated heterocycles. The van der Waals surface area contributed by atoms with Crippen molar-refractivity contribution in [3.8, 4) is 28.7 Å². The van der Waals surface area contributed by atoms with Gasteiger partial charge in [-0.15, -0.1) is 0 Å². The summed E-state index contributed by atoms with van der Waals surface area (Å²) in [6, 6.07) is 14.8. The van der Waals surface area contributed by atoms with Crippen LogP contribution in [0.5, 0.6) is 28.7 Å². The average Bonchev–Trinajstić information content (AvgIpc) is 2.87. The standard InChI is InChI=1S/C28H27NO8/c1-15-13-22(31)25(28(33)37-15)19(18-11-12-23(34-2)27(36-4)26(18)35-3)14-24(32)29-20-9-5-8-17-16(20)7-6-10-21(17)30/h5-13,19,30-31H,14H2,1-4H3,(H,29,32). The molecule has 4 rings (SSSR count). The van der Waals surface area contributed by atoms with Crippen molar-refractivity contribution >= 4 is 22.4 Å². The van der Waals surface area contributed by atoms with Crippen molar-refractivity contribution in [2.75, 3.05) is 26.6 Å². The zero-order valence-electron chi connectivity index (χ0n) is 20.8. The molecule has 0 bridgehead atoms. The number of phenolic OH excluding ortho intramolecular Hbond substituents is 1. The number of carbonyl (C=O) groups is 1. The van der Waals surface area contributed by atoms with Gasteiger partial charge in [0.25, 0.3) is 0 Å². The minimum atomic E-state index is -0.963. The van der Waals surface area contributed by atoms with E-state index >= 15 is 0 Å². The van der Waals surface area contributed by atoms with E-state index in [1.54, 1.807) is 55.5 Å². The smallest absolute Gasteiger partial charge is 0.343 e. The number of aryl methyl sites for hydroxylation is 1. The van der Waals surface area contributed by atoms with E-state index in [9.17, 15) is 19.8 Å². The highest BCUT2D eigenvalue weighted by atomic mass is 16.5. The fourth-order valence-electron chi connectivity index (χ4n) is 4.48. The molecule has 192 valence electrons. The number of rotatable bonds is 8. The minimum Gasteiger partial charge on any atom is -0.507 e. The van der Waals surface area contributed by atoms with Crippen LogP contribution in [-0.4, -0.2) is 37.4 Å². The van der Waals surface area contributed by atoms with Crippen LogP contribution in [0.25, 0.3) is 10.8 Å². The summed E-state index contributed by atoms with van der Waals surface area (Å²) in [5, 5.41) is 25.0. The Morgan fingerprint density at radius 2 is 1.62 bits per heavy atom. The maximum Gasteiger partial charge on any atom is 0.343 e. The zero-order valence-corrected chi connectivity index (χ0v) is 20.8. The van der Waals surface area contributed by atoms with Crippen molar-refractivity contribution in [3.05, 3.63) is 81.9 Å². The predicted molar refractivity (Wildman–Crippen MR) is 138 cm³/mol. The Bertz CT molecular complexity index is 1530. The molecule has 3 N–H and O–H groups in total. The molecule has 37 heavy (non-hydrogen) atoms. The molecule has 0 radical (unpaired) electrons. The summed E-state index contributed by atoms with van der Waals surface area (Å²) in [5.74, 6) is -0.497. The van der Waals surface area contributed by atoms with Gasteiger partial charge in [0.1, 0.15) is 17.3 Å². The monoisotopic (exact) mass is 505 g/mol. The lowest BCUT2D eigenvalue weighted by Crippen LogP contribution is -2.21. The van der Waals surface area contributed by atoms with Gasteiger partial charge in [0, 0.05) is 40.4 Å². The minimum absolute atomic E-state index is 0.0868. The molecule has 1 heterocycles. The zero-order chi connectivity index (χ0) is 26.7. The molecule has 0 aliphatic heterocycles. The van der Waals surface area contributed by atoms with Crippen LogP contribution in [0.2, 0.25) is 0 Å². The van der Waals surface area contributed by atoms with E-state index in [2.05, 4.69) is 5.32 Å². The number of aromatic hydroxyl groups is 2. The topological polar surface area (TPSA) is 127 Å². The molecule has 3 aromatic carbocycles. The molecule has 1 unspecified atom stereocenters. The summed E-state index contributed by atoms with van der Waals surface area (Å²) in [7, 11) is 4.35. The largest absolute Gasteiger partial charge is 0.507 e.